The van der Waals surface area contributed by atoms with Crippen LogP contribution in [-0.4, -0.2) is 21.1 Å². The third-order valence-electron chi connectivity index (χ3n) is 2.68. The number of Topliss-reactive ketones (excluding diaryl/α,β-unsaturated/α-hetero) is 1. The predicted molar refractivity (Wildman–Crippen MR) is 69.2 cm³/mol. The van der Waals surface area contributed by atoms with Gasteiger partial charge in [0.2, 0.25) is 0 Å². The molecule has 1 rings (SSSR count). The van der Waals surface area contributed by atoms with Gasteiger partial charge in [0.1, 0.15) is 22.8 Å². The van der Waals surface area contributed by atoms with E-state index in [1.54, 1.807) is 6.92 Å². The Balaban J connectivity index is 3.35. The number of hydrogen-bond donors (Lipinski definition) is 3. The Morgan fingerprint density at radius 1 is 1.22 bits per heavy atom. The van der Waals surface area contributed by atoms with Gasteiger partial charge in [0.05, 0.1) is 0 Å². The monoisotopic (exact) mass is 250 g/mol. The summed E-state index contributed by atoms with van der Waals surface area (Å²) in [4.78, 5) is 11.6. The number of phenols is 3. The zero-order chi connectivity index (χ0) is 13.9. The maximum absolute atomic E-state index is 11.6. The number of phenolic OH excluding ortho intramolecular Hbond substituents is 3. The Bertz CT molecular complexity index is 497. The first kappa shape index (κ1) is 14.1. The molecular formula is C14H18O4. The molecule has 0 saturated carbocycles. The van der Waals surface area contributed by atoms with Gasteiger partial charge in [-0.3, -0.25) is 4.79 Å². The van der Waals surface area contributed by atoms with Crippen LogP contribution in [0.2, 0.25) is 0 Å². The highest BCUT2D eigenvalue weighted by Crippen LogP contribution is 2.38. The van der Waals surface area contributed by atoms with Crippen LogP contribution < -0.4 is 0 Å². The number of carbonyl (C=O) groups is 1. The molecule has 98 valence electrons. The maximum Gasteiger partial charge on any atom is 0.170 e. The van der Waals surface area contributed by atoms with Gasteiger partial charge in [0, 0.05) is 18.1 Å². The fraction of sp³-hybridized carbons (Fsp3) is 0.357. The van der Waals surface area contributed by atoms with Crippen LogP contribution in [0.15, 0.2) is 17.7 Å². The van der Waals surface area contributed by atoms with Crippen LogP contribution in [0.1, 0.15) is 43.1 Å². The van der Waals surface area contributed by atoms with Crippen molar-refractivity contribution in [3.8, 4) is 17.2 Å². The average molecular weight is 250 g/mol. The van der Waals surface area contributed by atoms with Gasteiger partial charge in [-0.2, -0.15) is 0 Å². The molecule has 1 aromatic rings. The second kappa shape index (κ2) is 5.58. The van der Waals surface area contributed by atoms with Crippen LogP contribution in [0.5, 0.6) is 17.2 Å². The van der Waals surface area contributed by atoms with Gasteiger partial charge in [-0.15, -0.1) is 0 Å². The van der Waals surface area contributed by atoms with Crippen molar-refractivity contribution < 1.29 is 20.1 Å². The summed E-state index contributed by atoms with van der Waals surface area (Å²) in [5.74, 6) is -1.30. The number of hydrogen-bond acceptors (Lipinski definition) is 4. The lowest BCUT2D eigenvalue weighted by Gasteiger charge is -2.11. The lowest BCUT2D eigenvalue weighted by Crippen LogP contribution is -2.00. The van der Waals surface area contributed by atoms with Crippen molar-refractivity contribution in [3.05, 3.63) is 28.8 Å². The number of benzene rings is 1. The van der Waals surface area contributed by atoms with E-state index in [4.69, 9.17) is 0 Å². The molecule has 0 atom stereocenters. The molecule has 4 nitrogen and oxygen atoms in total. The van der Waals surface area contributed by atoms with E-state index < -0.39 is 5.75 Å². The highest BCUT2D eigenvalue weighted by Gasteiger charge is 2.20. The Morgan fingerprint density at radius 3 is 2.33 bits per heavy atom. The van der Waals surface area contributed by atoms with Crippen molar-refractivity contribution in [1.82, 2.24) is 0 Å². The van der Waals surface area contributed by atoms with Crippen LogP contribution in [0.4, 0.5) is 0 Å². The Hall–Kier alpha value is -1.97. The largest absolute Gasteiger partial charge is 0.507 e. The summed E-state index contributed by atoms with van der Waals surface area (Å²) in [5.41, 5.74) is 1.17. The van der Waals surface area contributed by atoms with Crippen LogP contribution in [-0.2, 0) is 6.42 Å². The molecule has 0 aliphatic heterocycles. The molecule has 0 bridgehead atoms. The minimum Gasteiger partial charge on any atom is -0.507 e. The topological polar surface area (TPSA) is 77.8 Å². The summed E-state index contributed by atoms with van der Waals surface area (Å²) in [7, 11) is 0. The van der Waals surface area contributed by atoms with Crippen molar-refractivity contribution in [1.29, 1.82) is 0 Å². The number of carbonyl (C=O) groups excluding carboxylic acids is 1. The summed E-state index contributed by atoms with van der Waals surface area (Å²) in [6.07, 6.45) is 2.31. The molecule has 0 radical (unpaired) electrons. The van der Waals surface area contributed by atoms with Gasteiger partial charge in [-0.05, 0) is 20.3 Å². The van der Waals surface area contributed by atoms with E-state index in [9.17, 15) is 20.1 Å². The first-order valence-corrected chi connectivity index (χ1v) is 5.81. The molecule has 18 heavy (non-hydrogen) atoms. The molecule has 0 unspecified atom stereocenters. The minimum atomic E-state index is -0.391. The second-order valence-corrected chi connectivity index (χ2v) is 4.38. The summed E-state index contributed by atoms with van der Waals surface area (Å²) >= 11 is 0. The van der Waals surface area contributed by atoms with E-state index in [1.807, 2.05) is 19.9 Å². The van der Waals surface area contributed by atoms with Crippen molar-refractivity contribution in [2.75, 3.05) is 0 Å². The zero-order valence-electron chi connectivity index (χ0n) is 10.8. The first-order valence-electron chi connectivity index (χ1n) is 5.81. The Morgan fingerprint density at radius 2 is 1.83 bits per heavy atom. The molecular weight excluding hydrogens is 232 g/mol. The molecule has 3 N–H and O–H groups in total. The summed E-state index contributed by atoms with van der Waals surface area (Å²) in [6, 6.07) is 1.09. The minimum absolute atomic E-state index is 0.118. The summed E-state index contributed by atoms with van der Waals surface area (Å²) < 4.78 is 0. The summed E-state index contributed by atoms with van der Waals surface area (Å²) in [6.45, 7) is 5.43. The molecule has 0 spiro atoms. The highest BCUT2D eigenvalue weighted by molar-refractivity contribution is 6.01. The highest BCUT2D eigenvalue weighted by atomic mass is 16.3. The lowest BCUT2D eigenvalue weighted by molar-refractivity contribution is 0.0982. The predicted octanol–water partition coefficient (Wildman–Crippen LogP) is 2.90. The lowest BCUT2D eigenvalue weighted by atomic mass is 9.99. The Kier molecular flexibility index (Phi) is 4.37. The molecule has 1 aromatic carbocycles. The second-order valence-electron chi connectivity index (χ2n) is 4.38. The van der Waals surface area contributed by atoms with Gasteiger partial charge in [-0.25, -0.2) is 0 Å². The van der Waals surface area contributed by atoms with Crippen LogP contribution in [0, 0.1) is 0 Å². The third kappa shape index (κ3) is 2.83. The van der Waals surface area contributed by atoms with Crippen molar-refractivity contribution in [2.45, 2.75) is 33.6 Å². The fourth-order valence-electron chi connectivity index (χ4n) is 1.64. The van der Waals surface area contributed by atoms with Crippen LogP contribution >= 0.6 is 0 Å². The van der Waals surface area contributed by atoms with E-state index in [1.165, 1.54) is 0 Å². The van der Waals surface area contributed by atoms with E-state index in [-0.39, 0.29) is 34.8 Å². The van der Waals surface area contributed by atoms with Crippen molar-refractivity contribution in [2.24, 2.45) is 0 Å². The van der Waals surface area contributed by atoms with Crippen molar-refractivity contribution >= 4 is 5.78 Å². The van der Waals surface area contributed by atoms with Crippen LogP contribution in [0.3, 0.4) is 0 Å². The standard InChI is InChI=1S/C14H18O4/c1-4-10(15)13-12(17)7-11(16)9(14(13)18)6-5-8(2)3/h5,7,16-18H,4,6H2,1-3H3. The number of ketones is 1. The molecule has 0 fully saturated rings. The van der Waals surface area contributed by atoms with Crippen molar-refractivity contribution in [3.63, 3.8) is 0 Å². The van der Waals surface area contributed by atoms with Gasteiger partial charge in [0.25, 0.3) is 0 Å². The van der Waals surface area contributed by atoms with Gasteiger partial charge in [-0.1, -0.05) is 18.6 Å². The zero-order valence-corrected chi connectivity index (χ0v) is 10.8. The molecule has 4 heteroatoms. The molecule has 0 aromatic heterocycles. The molecule has 0 amide bonds. The first-order chi connectivity index (χ1) is 8.38. The smallest absolute Gasteiger partial charge is 0.170 e. The van der Waals surface area contributed by atoms with Gasteiger partial charge >= 0.3 is 0 Å². The van der Waals surface area contributed by atoms with E-state index in [0.29, 0.717) is 6.42 Å². The van der Waals surface area contributed by atoms with Crippen LogP contribution in [0.25, 0.3) is 0 Å². The van der Waals surface area contributed by atoms with E-state index in [2.05, 4.69) is 0 Å². The molecule has 0 heterocycles. The quantitative estimate of drug-likeness (QED) is 0.567. The maximum atomic E-state index is 11.6. The molecule has 0 aliphatic rings. The van der Waals surface area contributed by atoms with Gasteiger partial charge < -0.3 is 15.3 Å². The number of aromatic hydroxyl groups is 3. The molecule has 0 aliphatic carbocycles. The van der Waals surface area contributed by atoms with Gasteiger partial charge in [0.15, 0.2) is 5.78 Å². The molecule has 0 saturated heterocycles. The van der Waals surface area contributed by atoms with E-state index in [0.717, 1.165) is 11.6 Å². The van der Waals surface area contributed by atoms with E-state index >= 15 is 0 Å². The number of allylic oxidation sites excluding steroid dienone is 2. The SMILES string of the molecule is CCC(=O)c1c(O)cc(O)c(CC=C(C)C)c1O. The average Bonchev–Trinajstić information content (AvgIpc) is 2.27. The number of rotatable bonds is 4. The Labute approximate surface area is 106 Å². The summed E-state index contributed by atoms with van der Waals surface area (Å²) in [5, 5.41) is 29.3. The fourth-order valence-corrected chi connectivity index (χ4v) is 1.64. The third-order valence-corrected chi connectivity index (χ3v) is 2.68. The normalized spacial score (nSPS) is 10.2.